The van der Waals surface area contributed by atoms with Crippen molar-refractivity contribution >= 4 is 18.4 Å². The van der Waals surface area contributed by atoms with Gasteiger partial charge in [-0.1, -0.05) is 33.6 Å². The van der Waals surface area contributed by atoms with Crippen LogP contribution < -0.4 is 0 Å². The number of Topliss-reactive ketones (excluding diaryl/α,β-unsaturated/α-hetero) is 1. The molecule has 0 aromatic carbocycles. The maximum atomic E-state index is 10.3. The summed E-state index contributed by atoms with van der Waals surface area (Å²) in [5, 5.41) is 0. The molecule has 1 nitrogen and oxygen atoms in total. The van der Waals surface area contributed by atoms with Crippen LogP contribution in [-0.2, 0) is 4.79 Å². The normalized spacial score (nSPS) is 6.31. The van der Waals surface area contributed by atoms with Gasteiger partial charge >= 0.3 is 0 Å². The summed E-state index contributed by atoms with van der Waals surface area (Å²) in [6, 6.07) is 0. The third-order valence-corrected chi connectivity index (χ3v) is 0.964. The molecule has 0 aromatic heterocycles. The van der Waals surface area contributed by atoms with Crippen molar-refractivity contribution in [3.05, 3.63) is 0 Å². The molecule has 78 valence electrons. The van der Waals surface area contributed by atoms with Gasteiger partial charge in [-0.25, -0.2) is 0 Å². The molecule has 0 unspecified atom stereocenters. The van der Waals surface area contributed by atoms with Crippen LogP contribution in [0.15, 0.2) is 0 Å². The molecule has 0 saturated heterocycles. The molecule has 0 atom stereocenters. The van der Waals surface area contributed by atoms with E-state index in [-0.39, 0.29) is 5.78 Å². The first kappa shape index (κ1) is 18.4. The van der Waals surface area contributed by atoms with E-state index in [1.54, 1.807) is 6.92 Å². The van der Waals surface area contributed by atoms with E-state index in [1.807, 2.05) is 27.7 Å². The van der Waals surface area contributed by atoms with Crippen molar-refractivity contribution in [1.29, 1.82) is 0 Å². The maximum Gasteiger partial charge on any atom is 0.130 e. The van der Waals surface area contributed by atoms with Crippen LogP contribution >= 0.6 is 12.6 Å². The fourth-order valence-electron chi connectivity index (χ4n) is 0.383. The summed E-state index contributed by atoms with van der Waals surface area (Å²) < 4.78 is 0. The van der Waals surface area contributed by atoms with Gasteiger partial charge in [-0.05, 0) is 6.92 Å². The summed E-state index contributed by atoms with van der Waals surface area (Å²) in [5.74, 6) is 6.36. The minimum absolute atomic E-state index is 0.198. The predicted octanol–water partition coefficient (Wildman–Crippen LogP) is 3.34. The SMILES string of the molecule is CC.CC.CC(=O)CCC#CCS. The molecule has 13 heavy (non-hydrogen) atoms. The topological polar surface area (TPSA) is 17.1 Å². The molecule has 0 N–H and O–H groups in total. The summed E-state index contributed by atoms with van der Waals surface area (Å²) in [7, 11) is 0. The molecule has 0 aliphatic heterocycles. The van der Waals surface area contributed by atoms with Gasteiger partial charge in [-0.15, -0.1) is 5.92 Å². The van der Waals surface area contributed by atoms with Crippen LogP contribution in [0, 0.1) is 11.8 Å². The zero-order chi connectivity index (χ0) is 11.1. The second kappa shape index (κ2) is 22.6. The van der Waals surface area contributed by atoms with Gasteiger partial charge in [0.1, 0.15) is 5.78 Å². The number of carbonyl (C=O) groups is 1. The number of hydrogen-bond donors (Lipinski definition) is 1. The molecule has 0 bridgehead atoms. The lowest BCUT2D eigenvalue weighted by Gasteiger charge is -1.82. The Hall–Kier alpha value is -0.420. The molecule has 0 spiro atoms. The average Bonchev–Trinajstić information content (AvgIpc) is 2.19. The van der Waals surface area contributed by atoms with Crippen molar-refractivity contribution in [3.63, 3.8) is 0 Å². The van der Waals surface area contributed by atoms with Crippen molar-refractivity contribution < 1.29 is 4.79 Å². The Morgan fingerprint density at radius 1 is 1.15 bits per heavy atom. The van der Waals surface area contributed by atoms with E-state index in [1.165, 1.54) is 0 Å². The van der Waals surface area contributed by atoms with Crippen LogP contribution in [0.25, 0.3) is 0 Å². The third kappa shape index (κ3) is 34.1. The van der Waals surface area contributed by atoms with Gasteiger partial charge in [0.25, 0.3) is 0 Å². The van der Waals surface area contributed by atoms with Crippen molar-refractivity contribution in [2.24, 2.45) is 0 Å². The molecule has 0 saturated carbocycles. The Balaban J connectivity index is -0.000000218. The zero-order valence-electron chi connectivity index (χ0n) is 9.48. The second-order valence-corrected chi connectivity index (χ2v) is 2.03. The smallest absolute Gasteiger partial charge is 0.130 e. The molecule has 0 heterocycles. The predicted molar refractivity (Wildman–Crippen MR) is 64.2 cm³/mol. The molecule has 0 aliphatic rings. The Labute approximate surface area is 88.7 Å². The number of hydrogen-bond acceptors (Lipinski definition) is 2. The highest BCUT2D eigenvalue weighted by Gasteiger charge is 1.86. The Morgan fingerprint density at radius 2 is 1.62 bits per heavy atom. The molecule has 2 heteroatoms. The highest BCUT2D eigenvalue weighted by Crippen LogP contribution is 1.86. The summed E-state index contributed by atoms with van der Waals surface area (Å²) in [4.78, 5) is 10.3. The summed E-state index contributed by atoms with van der Waals surface area (Å²) in [6.07, 6.45) is 1.25. The van der Waals surface area contributed by atoms with Crippen LogP contribution in [0.1, 0.15) is 47.5 Å². The number of carbonyl (C=O) groups excluding carboxylic acids is 1. The lowest BCUT2D eigenvalue weighted by Crippen LogP contribution is -1.86. The maximum absolute atomic E-state index is 10.3. The van der Waals surface area contributed by atoms with Crippen molar-refractivity contribution in [2.75, 3.05) is 5.75 Å². The lowest BCUT2D eigenvalue weighted by molar-refractivity contribution is -0.116. The van der Waals surface area contributed by atoms with E-state index in [0.29, 0.717) is 18.6 Å². The monoisotopic (exact) mass is 202 g/mol. The Kier molecular flexibility index (Phi) is 31.9. The molecular weight excluding hydrogens is 180 g/mol. The fraction of sp³-hybridized carbons (Fsp3) is 0.727. The third-order valence-electron chi connectivity index (χ3n) is 0.806. The highest BCUT2D eigenvalue weighted by atomic mass is 32.1. The van der Waals surface area contributed by atoms with Gasteiger partial charge in [0.2, 0.25) is 0 Å². The standard InChI is InChI=1S/C7H10OS.2C2H6/c1-7(8)5-3-2-4-6-9;2*1-2/h9H,3,5-6H2,1H3;2*1-2H3. The average molecular weight is 202 g/mol. The van der Waals surface area contributed by atoms with E-state index in [2.05, 4.69) is 24.5 Å². The zero-order valence-corrected chi connectivity index (χ0v) is 10.4. The Bertz CT molecular complexity index is 142. The van der Waals surface area contributed by atoms with E-state index in [4.69, 9.17) is 0 Å². The number of thiol groups is 1. The van der Waals surface area contributed by atoms with Crippen molar-refractivity contribution in [2.45, 2.75) is 47.5 Å². The minimum Gasteiger partial charge on any atom is -0.300 e. The molecular formula is C11H22OS. The molecule has 0 fully saturated rings. The Morgan fingerprint density at radius 3 is 1.92 bits per heavy atom. The number of ketones is 1. The van der Waals surface area contributed by atoms with Gasteiger partial charge in [0.15, 0.2) is 0 Å². The van der Waals surface area contributed by atoms with Gasteiger partial charge < -0.3 is 0 Å². The van der Waals surface area contributed by atoms with E-state index in [0.717, 1.165) is 0 Å². The van der Waals surface area contributed by atoms with Crippen LogP contribution in [-0.4, -0.2) is 11.5 Å². The molecule has 0 amide bonds. The van der Waals surface area contributed by atoms with Crippen LogP contribution in [0.4, 0.5) is 0 Å². The molecule has 0 aromatic rings. The molecule has 0 aliphatic carbocycles. The summed E-state index contributed by atoms with van der Waals surface area (Å²) >= 11 is 3.89. The molecule has 0 radical (unpaired) electrons. The van der Waals surface area contributed by atoms with Crippen LogP contribution in [0.3, 0.4) is 0 Å². The van der Waals surface area contributed by atoms with E-state index in [9.17, 15) is 4.79 Å². The highest BCUT2D eigenvalue weighted by molar-refractivity contribution is 7.80. The first-order valence-corrected chi connectivity index (χ1v) is 5.46. The lowest BCUT2D eigenvalue weighted by atomic mass is 10.2. The number of rotatable bonds is 2. The van der Waals surface area contributed by atoms with Gasteiger partial charge in [0, 0.05) is 12.8 Å². The summed E-state index contributed by atoms with van der Waals surface area (Å²) in [6.45, 7) is 9.57. The van der Waals surface area contributed by atoms with Gasteiger partial charge in [-0.3, -0.25) is 4.79 Å². The fourth-order valence-corrected chi connectivity index (χ4v) is 0.495. The van der Waals surface area contributed by atoms with Crippen molar-refractivity contribution in [3.8, 4) is 11.8 Å². The quantitative estimate of drug-likeness (QED) is 0.537. The van der Waals surface area contributed by atoms with E-state index < -0.39 is 0 Å². The van der Waals surface area contributed by atoms with Crippen molar-refractivity contribution in [1.82, 2.24) is 0 Å². The van der Waals surface area contributed by atoms with Gasteiger partial charge in [-0.2, -0.15) is 12.6 Å². The molecule has 0 rings (SSSR count). The summed E-state index contributed by atoms with van der Waals surface area (Å²) in [5.41, 5.74) is 0. The van der Waals surface area contributed by atoms with Gasteiger partial charge in [0.05, 0.1) is 5.75 Å². The largest absolute Gasteiger partial charge is 0.300 e. The second-order valence-electron chi connectivity index (χ2n) is 1.71. The first-order valence-electron chi connectivity index (χ1n) is 4.83. The van der Waals surface area contributed by atoms with Crippen LogP contribution in [0.5, 0.6) is 0 Å². The van der Waals surface area contributed by atoms with Crippen LogP contribution in [0.2, 0.25) is 0 Å². The first-order chi connectivity index (χ1) is 6.27. The minimum atomic E-state index is 0.198. The van der Waals surface area contributed by atoms with E-state index >= 15 is 0 Å².